The topological polar surface area (TPSA) is 59.8 Å². The summed E-state index contributed by atoms with van der Waals surface area (Å²) in [5.74, 6) is 0. The Labute approximate surface area is 127 Å². The molecule has 0 fully saturated rings. The van der Waals surface area contributed by atoms with E-state index < -0.39 is 0 Å². The van der Waals surface area contributed by atoms with Crippen LogP contribution < -0.4 is 5.73 Å². The molecule has 2 aromatic rings. The van der Waals surface area contributed by atoms with Crippen LogP contribution in [0.3, 0.4) is 0 Å². The number of hydrogen-bond donors (Lipinski definition) is 1. The number of nitrogens with two attached hydrogens (primary N) is 1. The van der Waals surface area contributed by atoms with Gasteiger partial charge in [0.15, 0.2) is 0 Å². The standard InChI is InChI=1S/C14H12N2O.ClH.Pt/c15-13-7-3-1-5-11(13)9-16-14-8-4-2-6-12(14)10-17;;/h1-10H,15H2;1H;/q;;+1. The summed E-state index contributed by atoms with van der Waals surface area (Å²) in [4.78, 5) is 13.4. The van der Waals surface area contributed by atoms with E-state index in [0.29, 0.717) is 16.9 Å². The van der Waals surface area contributed by atoms with Gasteiger partial charge in [-0.15, -0.1) is 0 Å². The first-order valence-corrected chi connectivity index (χ1v) is 8.20. The molecule has 3 N–H and O–H groups in total. The van der Waals surface area contributed by atoms with Crippen LogP contribution in [0.5, 0.6) is 0 Å². The number of halogens is 1. The van der Waals surface area contributed by atoms with Gasteiger partial charge in [-0.25, -0.2) is 0 Å². The Hall–Kier alpha value is -1.44. The third-order valence-corrected chi connectivity index (χ3v) is 2.41. The third kappa shape index (κ3) is 4.62. The minimum absolute atomic E-state index is 0.679. The second-order valence-electron chi connectivity index (χ2n) is 3.58. The van der Waals surface area contributed by atoms with Gasteiger partial charge in [0.05, 0.1) is 11.3 Å². The van der Waals surface area contributed by atoms with Crippen LogP contribution in [-0.2, 0) is 18.8 Å². The summed E-state index contributed by atoms with van der Waals surface area (Å²) >= 11 is 1.61. The number of anilines is 1. The van der Waals surface area contributed by atoms with Gasteiger partial charge < -0.3 is 5.73 Å². The predicted octanol–water partition coefficient (Wildman–Crippen LogP) is 3.23. The molecule has 0 saturated carbocycles. The van der Waals surface area contributed by atoms with Crippen LogP contribution in [0, 0.1) is 0 Å². The number of benzene rings is 2. The Balaban J connectivity index is 0.000000861. The van der Waals surface area contributed by atoms with Crippen LogP contribution in [0.1, 0.15) is 11.1 Å². The van der Waals surface area contributed by atoms with Crippen molar-refractivity contribution in [2.24, 2.45) is 4.99 Å². The van der Waals surface area contributed by atoms with E-state index in [1.54, 1.807) is 31.1 Å². The molecule has 5 heteroatoms. The van der Waals surface area contributed by atoms with Crippen molar-refractivity contribution in [3.8, 4) is 0 Å². The molecule has 0 heterocycles. The Morgan fingerprint density at radius 1 is 1.00 bits per heavy atom. The molecule has 0 aliphatic rings. The molecular formula is C14H13ClN2OPt+. The van der Waals surface area contributed by atoms with Crippen LogP contribution in [0.15, 0.2) is 53.5 Å². The van der Waals surface area contributed by atoms with Crippen LogP contribution in [0.25, 0.3) is 0 Å². The first-order valence-electron chi connectivity index (χ1n) is 5.38. The quantitative estimate of drug-likeness (QED) is 0.328. The maximum absolute atomic E-state index is 9.05. The molecule has 0 spiro atoms. The van der Waals surface area contributed by atoms with Crippen molar-refractivity contribution >= 4 is 33.3 Å². The molecule has 0 atom stereocenters. The van der Waals surface area contributed by atoms with E-state index in [9.17, 15) is 0 Å². The van der Waals surface area contributed by atoms with Crippen molar-refractivity contribution in [1.82, 2.24) is 0 Å². The average molecular weight is 456 g/mol. The molecule has 0 aromatic heterocycles. The number of nitrogen functional groups attached to an aromatic ring is 1. The number of hydrogen-bond acceptors (Lipinski definition) is 2. The summed E-state index contributed by atoms with van der Waals surface area (Å²) in [5, 5.41) is 0. The maximum atomic E-state index is 9.05. The molecule has 2 rings (SSSR count). The summed E-state index contributed by atoms with van der Waals surface area (Å²) in [7, 11) is 4.61. The SMILES string of the molecule is Nc1ccccc1C=Nc1ccccc1C=[OH+].[Cl][Pt]. The Morgan fingerprint density at radius 3 is 2.21 bits per heavy atom. The number of para-hydroxylation sites is 2. The van der Waals surface area contributed by atoms with E-state index in [4.69, 9.17) is 10.5 Å². The van der Waals surface area contributed by atoms with Gasteiger partial charge >= 0.3 is 34.5 Å². The van der Waals surface area contributed by atoms with Gasteiger partial charge in [0.2, 0.25) is 0 Å². The molecule has 3 nitrogen and oxygen atoms in total. The fraction of sp³-hybridized carbons (Fsp3) is 0. The summed E-state index contributed by atoms with van der Waals surface area (Å²) in [5.41, 5.74) is 8.74. The average Bonchev–Trinajstić information content (AvgIpc) is 2.49. The van der Waals surface area contributed by atoms with E-state index in [1.807, 2.05) is 42.5 Å². The van der Waals surface area contributed by atoms with Crippen LogP contribution >= 0.6 is 9.42 Å². The molecule has 0 aliphatic heterocycles. The molecule has 0 amide bonds. The van der Waals surface area contributed by atoms with E-state index in [1.165, 1.54) is 0 Å². The summed E-state index contributed by atoms with van der Waals surface area (Å²) in [6, 6.07) is 14.8. The van der Waals surface area contributed by atoms with Gasteiger partial charge in [-0.05, 0) is 18.2 Å². The molecule has 2 aromatic carbocycles. The Morgan fingerprint density at radius 2 is 1.58 bits per heavy atom. The van der Waals surface area contributed by atoms with E-state index in [2.05, 4.69) is 14.4 Å². The van der Waals surface area contributed by atoms with Crippen molar-refractivity contribution < 1.29 is 23.6 Å². The zero-order valence-electron chi connectivity index (χ0n) is 9.94. The molecule has 0 radical (unpaired) electrons. The molecule has 0 saturated heterocycles. The van der Waals surface area contributed by atoms with Crippen molar-refractivity contribution in [3.63, 3.8) is 0 Å². The zero-order chi connectivity index (χ0) is 14.1. The molecular weight excluding hydrogens is 443 g/mol. The van der Waals surface area contributed by atoms with Gasteiger partial charge in [-0.3, -0.25) is 9.79 Å². The second kappa shape index (κ2) is 8.62. The molecule has 0 aliphatic carbocycles. The molecule has 0 unspecified atom stereocenters. The Bertz CT molecular complexity index is 573. The second-order valence-corrected chi connectivity index (χ2v) is 3.58. The van der Waals surface area contributed by atoms with Crippen molar-refractivity contribution in [3.05, 3.63) is 59.7 Å². The summed E-state index contributed by atoms with van der Waals surface area (Å²) < 4.78 is 0. The van der Waals surface area contributed by atoms with Gasteiger partial charge in [0, 0.05) is 17.5 Å². The minimum atomic E-state index is 0.679. The van der Waals surface area contributed by atoms with Crippen LogP contribution in [-0.4, -0.2) is 17.3 Å². The first-order chi connectivity index (χ1) is 9.31. The van der Waals surface area contributed by atoms with Gasteiger partial charge in [0.1, 0.15) is 0 Å². The number of nitrogens with zero attached hydrogens (tertiary/aromatic N) is 1. The fourth-order valence-electron chi connectivity index (χ4n) is 1.48. The van der Waals surface area contributed by atoms with E-state index in [0.717, 1.165) is 11.8 Å². The fourth-order valence-corrected chi connectivity index (χ4v) is 1.48. The summed E-state index contributed by atoms with van der Waals surface area (Å²) in [6.45, 7) is 0. The predicted molar refractivity (Wildman–Crippen MR) is 77.5 cm³/mol. The van der Waals surface area contributed by atoms with Crippen LogP contribution in [0.4, 0.5) is 11.4 Å². The molecule has 19 heavy (non-hydrogen) atoms. The van der Waals surface area contributed by atoms with Crippen molar-refractivity contribution in [2.75, 3.05) is 5.73 Å². The first kappa shape index (κ1) is 15.6. The molecule has 0 bridgehead atoms. The third-order valence-electron chi connectivity index (χ3n) is 2.41. The normalized spacial score (nSPS) is 9.84. The van der Waals surface area contributed by atoms with Crippen molar-refractivity contribution in [1.29, 1.82) is 0 Å². The van der Waals surface area contributed by atoms with Crippen molar-refractivity contribution in [2.45, 2.75) is 0 Å². The monoisotopic (exact) mass is 455 g/mol. The van der Waals surface area contributed by atoms with Gasteiger partial charge in [-0.2, -0.15) is 0 Å². The summed E-state index contributed by atoms with van der Waals surface area (Å²) in [6.07, 6.45) is 2.73. The number of aliphatic imine (C=N–C) groups is 1. The van der Waals surface area contributed by atoms with Crippen LogP contribution in [0.2, 0.25) is 0 Å². The molecule has 101 valence electrons. The Kier molecular flexibility index (Phi) is 7.09. The van der Waals surface area contributed by atoms with Gasteiger partial charge in [0.25, 0.3) is 0 Å². The van der Waals surface area contributed by atoms with E-state index >= 15 is 0 Å². The number of rotatable bonds is 3. The zero-order valence-corrected chi connectivity index (χ0v) is 13.0. The number of aldehydes is 1. The number of carbonyl (C=O) groups excluding carboxylic acids is 1. The van der Waals surface area contributed by atoms with Gasteiger partial charge in [-0.1, -0.05) is 30.3 Å². The van der Waals surface area contributed by atoms with E-state index in [-0.39, 0.29) is 0 Å².